The Kier molecular flexibility index (Phi) is 11.0. The molecule has 0 heterocycles. The fourth-order valence-corrected chi connectivity index (χ4v) is 2.94. The molecule has 0 fully saturated rings. The largest absolute Gasteiger partial charge is 1.00 e. The molecule has 10 nitrogen and oxygen atoms in total. The number of carboxylic acids is 1. The van der Waals surface area contributed by atoms with Crippen molar-refractivity contribution in [2.45, 2.75) is 11.8 Å². The molecule has 0 aromatic heterocycles. The van der Waals surface area contributed by atoms with Crippen LogP contribution in [-0.4, -0.2) is 24.0 Å². The molecule has 0 amide bonds. The average molecular weight is 484 g/mol. The molecule has 13 heteroatoms. The van der Waals surface area contributed by atoms with Gasteiger partial charge in [0, 0.05) is 5.56 Å². The maximum atomic E-state index is 11.1. The second-order valence-electron chi connectivity index (χ2n) is 6.31. The van der Waals surface area contributed by atoms with Crippen molar-refractivity contribution in [2.75, 3.05) is 0 Å². The van der Waals surface area contributed by atoms with Crippen molar-refractivity contribution in [3.05, 3.63) is 71.8 Å². The number of nitrogens with zero attached hydrogens (tertiary/aromatic N) is 4. The summed E-state index contributed by atoms with van der Waals surface area (Å²) in [6.45, 7) is 1.54. The molecule has 0 saturated heterocycles. The number of hydrogen-bond donors (Lipinski definition) is 1. The standard InChI is InChI=1S/C20H16N4O6S.2Na/c1-12-10-16(11-18(19(12)25)20(26)27)24-23-14-4-2-13(3-5-14)21-22-15-6-8-17(9-7-15)31(28,29)30;;/h2-11,25H,1H3,(H,26,27)(H,28,29,30);;/q;2*+1/p-2/b22-21+,24-23+;;. The second kappa shape index (κ2) is 12.5. The summed E-state index contributed by atoms with van der Waals surface area (Å²) < 4.78 is 32.7. The van der Waals surface area contributed by atoms with Crippen molar-refractivity contribution in [1.29, 1.82) is 0 Å². The van der Waals surface area contributed by atoms with Crippen LogP contribution in [0.3, 0.4) is 0 Å². The SMILES string of the molecule is Cc1cc(/N=N/c2ccc(/N=N/c3ccc(S(=O)(=O)[O-])cc3)cc2)cc(C(=O)[O-])c1O.[Na+].[Na+]. The molecule has 1 N–H and O–H groups in total. The van der Waals surface area contributed by atoms with Crippen LogP contribution in [0, 0.1) is 6.92 Å². The number of azo groups is 2. The third-order valence-electron chi connectivity index (χ3n) is 4.04. The Morgan fingerprint density at radius 3 is 1.58 bits per heavy atom. The maximum Gasteiger partial charge on any atom is 1.00 e. The van der Waals surface area contributed by atoms with Crippen LogP contribution >= 0.6 is 0 Å². The quantitative estimate of drug-likeness (QED) is 0.237. The fraction of sp³-hybridized carbons (Fsp3) is 0.0500. The van der Waals surface area contributed by atoms with E-state index in [2.05, 4.69) is 20.5 Å². The zero-order valence-electron chi connectivity index (χ0n) is 18.0. The Hall–Kier alpha value is -1.96. The van der Waals surface area contributed by atoms with Gasteiger partial charge in [0.05, 0.1) is 33.6 Å². The number of aromatic carboxylic acids is 1. The van der Waals surface area contributed by atoms with Crippen LogP contribution in [-0.2, 0) is 10.1 Å². The number of carbonyl (C=O) groups is 1. The summed E-state index contributed by atoms with van der Waals surface area (Å²) in [4.78, 5) is 10.7. The van der Waals surface area contributed by atoms with E-state index in [1.807, 2.05) is 0 Å². The van der Waals surface area contributed by atoms with Crippen molar-refractivity contribution < 1.29 is 87.1 Å². The van der Waals surface area contributed by atoms with Gasteiger partial charge >= 0.3 is 59.1 Å². The molecule has 0 radical (unpaired) electrons. The molecule has 0 aliphatic carbocycles. The third-order valence-corrected chi connectivity index (χ3v) is 4.89. The van der Waals surface area contributed by atoms with Gasteiger partial charge in [-0.25, -0.2) is 8.42 Å². The Bertz CT molecular complexity index is 1300. The van der Waals surface area contributed by atoms with E-state index in [1.54, 1.807) is 24.3 Å². The van der Waals surface area contributed by atoms with Gasteiger partial charge in [0.25, 0.3) is 0 Å². The number of hydrogen-bond acceptors (Lipinski definition) is 10. The molecular weight excluding hydrogens is 470 g/mol. The first-order valence-corrected chi connectivity index (χ1v) is 10.1. The molecule has 0 bridgehead atoms. The van der Waals surface area contributed by atoms with E-state index >= 15 is 0 Å². The normalized spacial score (nSPS) is 11.2. The third kappa shape index (κ3) is 8.09. The van der Waals surface area contributed by atoms with E-state index in [0.29, 0.717) is 22.6 Å². The summed E-state index contributed by atoms with van der Waals surface area (Å²) in [5.41, 5.74) is 1.51. The van der Waals surface area contributed by atoms with Gasteiger partial charge in [-0.15, -0.1) is 0 Å². The first-order valence-electron chi connectivity index (χ1n) is 8.68. The molecule has 33 heavy (non-hydrogen) atoms. The Balaban J connectivity index is 0.00000272. The topological polar surface area (TPSA) is 167 Å². The smallest absolute Gasteiger partial charge is 0.744 e. The molecule has 158 valence electrons. The van der Waals surface area contributed by atoms with Crippen LogP contribution in [0.1, 0.15) is 15.9 Å². The van der Waals surface area contributed by atoms with Gasteiger partial charge in [-0.1, -0.05) is 0 Å². The fourth-order valence-electron chi connectivity index (χ4n) is 2.47. The number of phenols is 1. The molecule has 0 aliphatic heterocycles. The number of benzene rings is 3. The van der Waals surface area contributed by atoms with Crippen molar-refractivity contribution in [3.63, 3.8) is 0 Å². The van der Waals surface area contributed by atoms with Crippen molar-refractivity contribution in [3.8, 4) is 5.75 Å². The summed E-state index contributed by atoms with van der Waals surface area (Å²) >= 11 is 0. The Morgan fingerprint density at radius 2 is 1.18 bits per heavy atom. The summed E-state index contributed by atoms with van der Waals surface area (Å²) in [7, 11) is -4.51. The van der Waals surface area contributed by atoms with Crippen LogP contribution < -0.4 is 64.2 Å². The molecule has 0 aliphatic rings. The minimum absolute atomic E-state index is 0. The van der Waals surface area contributed by atoms with Crippen LogP contribution in [0.15, 0.2) is 86.0 Å². The van der Waals surface area contributed by atoms with Crippen molar-refractivity contribution >= 4 is 38.8 Å². The van der Waals surface area contributed by atoms with E-state index < -0.39 is 16.1 Å². The van der Waals surface area contributed by atoms with Gasteiger partial charge in [0.1, 0.15) is 15.9 Å². The summed E-state index contributed by atoms with van der Waals surface area (Å²) in [5.74, 6) is -1.89. The molecule has 3 aromatic carbocycles. The Morgan fingerprint density at radius 1 is 0.788 bits per heavy atom. The molecule has 3 rings (SSSR count). The van der Waals surface area contributed by atoms with Crippen LogP contribution in [0.2, 0.25) is 0 Å². The molecule has 0 saturated carbocycles. The monoisotopic (exact) mass is 484 g/mol. The van der Waals surface area contributed by atoms with Gasteiger partial charge in [0.15, 0.2) is 0 Å². The molecule has 0 atom stereocenters. The predicted octanol–water partition coefficient (Wildman–Crippen LogP) is -2.19. The molecule has 0 unspecified atom stereocenters. The van der Waals surface area contributed by atoms with E-state index in [-0.39, 0.29) is 81.0 Å². The van der Waals surface area contributed by atoms with Gasteiger partial charge in [0.2, 0.25) is 0 Å². The van der Waals surface area contributed by atoms with E-state index in [9.17, 15) is 28.0 Å². The number of aromatic hydroxyl groups is 1. The zero-order chi connectivity index (χ0) is 22.6. The van der Waals surface area contributed by atoms with Gasteiger partial charge in [-0.2, -0.15) is 20.5 Å². The van der Waals surface area contributed by atoms with E-state index in [1.165, 1.54) is 25.1 Å². The van der Waals surface area contributed by atoms with Gasteiger partial charge in [-0.3, -0.25) is 0 Å². The van der Waals surface area contributed by atoms with E-state index in [4.69, 9.17) is 0 Å². The first kappa shape index (κ1) is 29.1. The van der Waals surface area contributed by atoms with Crippen LogP contribution in [0.4, 0.5) is 22.7 Å². The average Bonchev–Trinajstić information content (AvgIpc) is 2.73. The van der Waals surface area contributed by atoms with Crippen LogP contribution in [0.25, 0.3) is 0 Å². The van der Waals surface area contributed by atoms with E-state index in [0.717, 1.165) is 18.2 Å². The zero-order valence-corrected chi connectivity index (χ0v) is 22.8. The molecule has 0 spiro atoms. The Labute approximate surface area is 233 Å². The van der Waals surface area contributed by atoms with Crippen molar-refractivity contribution in [2.24, 2.45) is 20.5 Å². The molecular formula is C20H14N4Na2O6S. The minimum atomic E-state index is -4.51. The summed E-state index contributed by atoms with van der Waals surface area (Å²) in [6.07, 6.45) is 0. The number of aryl methyl sites for hydroxylation is 1. The minimum Gasteiger partial charge on any atom is -0.744 e. The number of carbonyl (C=O) groups excluding carboxylic acids is 1. The number of carboxylic acid groups (broad SMARTS) is 1. The van der Waals surface area contributed by atoms with Gasteiger partial charge < -0.3 is 19.6 Å². The van der Waals surface area contributed by atoms with Gasteiger partial charge in [-0.05, 0) is 73.2 Å². The second-order valence-corrected chi connectivity index (χ2v) is 7.69. The first-order chi connectivity index (χ1) is 14.6. The summed E-state index contributed by atoms with van der Waals surface area (Å²) in [5, 5.41) is 36.7. The van der Waals surface area contributed by atoms with Crippen molar-refractivity contribution in [1.82, 2.24) is 0 Å². The maximum absolute atomic E-state index is 11.1. The predicted molar refractivity (Wildman–Crippen MR) is 106 cm³/mol. The summed E-state index contributed by atoms with van der Waals surface area (Å²) in [6, 6.07) is 14.1. The van der Waals surface area contributed by atoms with Crippen LogP contribution in [0.5, 0.6) is 5.75 Å². The number of rotatable bonds is 6. The molecule has 3 aromatic rings.